The molecule has 1 aliphatic rings. The number of hydrogen-bond donors (Lipinski definition) is 2. The Bertz CT molecular complexity index is 2140. The van der Waals surface area contributed by atoms with Crippen LogP contribution in [0.15, 0.2) is 60.9 Å². The van der Waals surface area contributed by atoms with Crippen LogP contribution in [-0.2, 0) is 39.9 Å². The van der Waals surface area contributed by atoms with Gasteiger partial charge >= 0.3 is 5.97 Å². The summed E-state index contributed by atoms with van der Waals surface area (Å²) in [5, 5.41) is 15.1. The Kier molecular flexibility index (Phi) is 9.12. The number of H-pyrrole nitrogens is 1. The summed E-state index contributed by atoms with van der Waals surface area (Å²) in [6.07, 6.45) is 5.64. The maximum atomic E-state index is 15.6. The van der Waals surface area contributed by atoms with Crippen LogP contribution in [0.1, 0.15) is 69.5 Å². The zero-order valence-corrected chi connectivity index (χ0v) is 29.3. The molecule has 2 aromatic carbocycles. The Hall–Kier alpha value is -4.58. The molecule has 1 aliphatic heterocycles. The lowest BCUT2D eigenvalue weighted by atomic mass is 9.75. The number of carbonyl (C=O) groups is 1. The lowest BCUT2D eigenvalue weighted by Gasteiger charge is -2.31. The average molecular weight is 688 g/mol. The molecule has 0 saturated carbocycles. The second-order valence-corrected chi connectivity index (χ2v) is 16.5. The molecule has 1 unspecified atom stereocenters. The topological polar surface area (TPSA) is 140 Å². The van der Waals surface area contributed by atoms with E-state index in [9.17, 15) is 18.3 Å². The van der Waals surface area contributed by atoms with Gasteiger partial charge in [0.05, 0.1) is 22.8 Å². The van der Waals surface area contributed by atoms with Crippen molar-refractivity contribution in [3.05, 3.63) is 89.3 Å². The summed E-state index contributed by atoms with van der Waals surface area (Å²) in [6, 6.07) is 14.5. The van der Waals surface area contributed by atoms with Gasteiger partial charge in [0.1, 0.15) is 0 Å². The normalized spacial score (nSPS) is 20.0. The zero-order valence-electron chi connectivity index (χ0n) is 28.5. The summed E-state index contributed by atoms with van der Waals surface area (Å²) in [5.74, 6) is -1.01. The molecule has 2 atom stereocenters. The number of aromatic amines is 1. The second kappa shape index (κ2) is 13.0. The van der Waals surface area contributed by atoms with E-state index in [1.165, 1.54) is 6.07 Å². The fourth-order valence-corrected chi connectivity index (χ4v) is 8.94. The predicted octanol–water partition coefficient (Wildman–Crippen LogP) is 7.03. The van der Waals surface area contributed by atoms with E-state index in [1.807, 2.05) is 45.2 Å². The molecule has 2 N–H and O–H groups in total. The summed E-state index contributed by atoms with van der Waals surface area (Å²) in [7, 11) is -1.74. The molecular formula is C37H42FN5O5S. The van der Waals surface area contributed by atoms with E-state index in [-0.39, 0.29) is 29.6 Å². The molecule has 4 bridgehead atoms. The van der Waals surface area contributed by atoms with Crippen molar-refractivity contribution in [1.29, 1.82) is 0 Å². The van der Waals surface area contributed by atoms with Gasteiger partial charge < -0.3 is 14.8 Å². The molecule has 6 rings (SSSR count). The number of halogens is 1. The van der Waals surface area contributed by atoms with Gasteiger partial charge in [0, 0.05) is 53.6 Å². The van der Waals surface area contributed by atoms with Crippen molar-refractivity contribution in [3.8, 4) is 23.0 Å². The quantitative estimate of drug-likeness (QED) is 0.205. The van der Waals surface area contributed by atoms with Crippen molar-refractivity contribution < 1.29 is 27.4 Å². The van der Waals surface area contributed by atoms with Crippen LogP contribution in [0.3, 0.4) is 0 Å². The van der Waals surface area contributed by atoms with Crippen LogP contribution in [0.2, 0.25) is 0 Å². The number of aliphatic carboxylic acids is 1. The van der Waals surface area contributed by atoms with Gasteiger partial charge in [0.25, 0.3) is 0 Å². The number of aromatic nitrogens is 5. The largest absolute Gasteiger partial charge is 0.481 e. The summed E-state index contributed by atoms with van der Waals surface area (Å²) >= 11 is 0. The molecular weight excluding hydrogens is 646 g/mol. The Morgan fingerprint density at radius 2 is 1.94 bits per heavy atom. The summed E-state index contributed by atoms with van der Waals surface area (Å²) in [4.78, 5) is 24.1. The Labute approximate surface area is 285 Å². The van der Waals surface area contributed by atoms with Gasteiger partial charge in [-0.25, -0.2) is 27.5 Å². The molecule has 0 spiro atoms. The number of sulfone groups is 1. The molecule has 0 fully saturated rings. The van der Waals surface area contributed by atoms with Gasteiger partial charge in [0.15, 0.2) is 33.1 Å². The van der Waals surface area contributed by atoms with Crippen LogP contribution in [0.4, 0.5) is 4.39 Å². The van der Waals surface area contributed by atoms with E-state index >= 15 is 4.39 Å². The number of rotatable bonds is 4. The summed E-state index contributed by atoms with van der Waals surface area (Å²) < 4.78 is 50.7. The third kappa shape index (κ3) is 7.24. The van der Waals surface area contributed by atoms with E-state index in [0.717, 1.165) is 11.1 Å². The third-order valence-corrected chi connectivity index (χ3v) is 11.7. The lowest BCUT2D eigenvalue weighted by Crippen LogP contribution is -2.29. The molecule has 3 aromatic heterocycles. The van der Waals surface area contributed by atoms with E-state index < -0.39 is 38.4 Å². The van der Waals surface area contributed by atoms with Gasteiger partial charge in [-0.15, -0.1) is 0 Å². The first-order valence-corrected chi connectivity index (χ1v) is 18.3. The molecule has 10 nitrogen and oxygen atoms in total. The van der Waals surface area contributed by atoms with Crippen LogP contribution >= 0.6 is 0 Å². The molecule has 4 heterocycles. The number of nitrogens with zero attached hydrogens (tertiary/aromatic N) is 4. The number of hydrogen-bond acceptors (Lipinski definition) is 7. The van der Waals surface area contributed by atoms with E-state index in [2.05, 4.69) is 16.9 Å². The highest BCUT2D eigenvalue weighted by Crippen LogP contribution is 2.40. The smallest absolute Gasteiger partial charge is 0.306 e. The van der Waals surface area contributed by atoms with E-state index in [4.69, 9.17) is 14.8 Å². The molecule has 5 aromatic rings. The van der Waals surface area contributed by atoms with Crippen molar-refractivity contribution in [2.75, 3.05) is 11.5 Å². The van der Waals surface area contributed by atoms with Crippen LogP contribution < -0.4 is 4.74 Å². The zero-order chi connectivity index (χ0) is 35.1. The van der Waals surface area contributed by atoms with Crippen LogP contribution in [0.5, 0.6) is 11.6 Å². The number of fused-ring (bicyclic) bond motifs is 8. The maximum Gasteiger partial charge on any atom is 0.306 e. The van der Waals surface area contributed by atoms with Crippen LogP contribution in [-0.4, -0.2) is 55.7 Å². The number of nitrogens with one attached hydrogen (secondary N) is 1. The molecule has 0 aliphatic carbocycles. The minimum atomic E-state index is -3.56. The summed E-state index contributed by atoms with van der Waals surface area (Å²) in [6.45, 7) is 7.70. The fourth-order valence-electron chi connectivity index (χ4n) is 6.95. The number of pyridine rings is 1. The van der Waals surface area contributed by atoms with E-state index in [0.29, 0.717) is 59.4 Å². The Balaban J connectivity index is 1.47. The minimum absolute atomic E-state index is 0.0311. The van der Waals surface area contributed by atoms with Crippen LogP contribution in [0.25, 0.3) is 22.3 Å². The second-order valence-electron chi connectivity index (χ2n) is 14.3. The first-order valence-electron chi connectivity index (χ1n) is 16.5. The average Bonchev–Trinajstić information content (AvgIpc) is 3.66. The van der Waals surface area contributed by atoms with Gasteiger partial charge in [-0.05, 0) is 61.3 Å². The highest BCUT2D eigenvalue weighted by molar-refractivity contribution is 7.91. The number of carboxylic acid groups (broad SMARTS) is 1. The first kappa shape index (κ1) is 34.3. The predicted molar refractivity (Wildman–Crippen MR) is 186 cm³/mol. The van der Waals surface area contributed by atoms with Gasteiger partial charge in [0.2, 0.25) is 5.88 Å². The van der Waals surface area contributed by atoms with Gasteiger partial charge in [-0.2, -0.15) is 5.10 Å². The molecule has 0 saturated heterocycles. The number of benzene rings is 2. The van der Waals surface area contributed by atoms with Crippen molar-refractivity contribution >= 4 is 26.7 Å². The molecule has 0 radical (unpaired) electrons. The van der Waals surface area contributed by atoms with Crippen molar-refractivity contribution in [1.82, 2.24) is 24.7 Å². The SMILES string of the molecule is C[C@H](Cc1cccc(C2(C)CCCC(C)(C)CS(=O)(=O)CCc3c(c(F)cc4[nH]ccc34)Oc3cc(ccn3)-c3nc2nn3C)c1)C(=O)O. The van der Waals surface area contributed by atoms with Gasteiger partial charge in [-0.3, -0.25) is 4.79 Å². The van der Waals surface area contributed by atoms with Gasteiger partial charge in [-0.1, -0.05) is 51.5 Å². The first-order chi connectivity index (χ1) is 23.1. The lowest BCUT2D eigenvalue weighted by molar-refractivity contribution is -0.141. The van der Waals surface area contributed by atoms with Crippen molar-refractivity contribution in [2.45, 2.75) is 65.2 Å². The minimum Gasteiger partial charge on any atom is -0.481 e. The Morgan fingerprint density at radius 3 is 2.71 bits per heavy atom. The monoisotopic (exact) mass is 687 g/mol. The van der Waals surface area contributed by atoms with Crippen molar-refractivity contribution in [2.24, 2.45) is 18.4 Å². The highest BCUT2D eigenvalue weighted by atomic mass is 32.2. The number of ether oxygens (including phenoxy) is 1. The molecule has 0 amide bonds. The summed E-state index contributed by atoms with van der Waals surface area (Å²) in [5.41, 5.74) is 2.29. The number of carboxylic acids is 1. The highest BCUT2D eigenvalue weighted by Gasteiger charge is 2.36. The Morgan fingerprint density at radius 1 is 1.14 bits per heavy atom. The molecule has 12 heteroatoms. The number of aryl methyl sites for hydroxylation is 2. The standard InChI is InChI=1S/C37H42FN5O5S/c1-23(34(44)45)18-24-8-6-9-26(19-24)37(4)14-7-13-36(2,3)22-49(46,47)17-12-28-27-11-16-39-30(27)21-29(38)32(28)48-31-20-25(10-15-40-31)33-41-35(37)42-43(33)5/h6,8-11,15-16,19-21,23,39H,7,12-14,17-18,22H2,1-5H3,(H,44,45)/t23-,37?/m1/s1. The fraction of sp³-hybridized carbons (Fsp3) is 0.405. The third-order valence-electron chi connectivity index (χ3n) is 9.65. The van der Waals surface area contributed by atoms with Crippen LogP contribution in [0, 0.1) is 17.2 Å². The molecule has 258 valence electrons. The van der Waals surface area contributed by atoms with Crippen molar-refractivity contribution in [3.63, 3.8) is 0 Å². The molecule has 49 heavy (non-hydrogen) atoms. The maximum absolute atomic E-state index is 15.6. The van der Waals surface area contributed by atoms with E-state index in [1.54, 1.807) is 42.2 Å².